The van der Waals surface area contributed by atoms with E-state index in [4.69, 9.17) is 4.74 Å². The molecule has 1 heteroatoms. The standard InChI is InChI=1S/C6H6O/c1-2-4-6-5(3-1)7-6/h1-6H/t5-,6?/m1/s1. The van der Waals surface area contributed by atoms with Gasteiger partial charge in [-0.25, -0.2) is 0 Å². The van der Waals surface area contributed by atoms with Gasteiger partial charge in [0.2, 0.25) is 0 Å². The summed E-state index contributed by atoms with van der Waals surface area (Å²) >= 11 is 0. The Kier molecular flexibility index (Phi) is 0.484. The van der Waals surface area contributed by atoms with Gasteiger partial charge in [0.25, 0.3) is 0 Å². The van der Waals surface area contributed by atoms with E-state index in [1.807, 2.05) is 12.2 Å². The molecule has 1 saturated heterocycles. The van der Waals surface area contributed by atoms with Gasteiger partial charge in [0.15, 0.2) is 0 Å². The number of allylic oxidation sites excluding steroid dienone is 2. The van der Waals surface area contributed by atoms with Crippen LogP contribution in [0.4, 0.5) is 0 Å². The van der Waals surface area contributed by atoms with Gasteiger partial charge in [-0.3, -0.25) is 0 Å². The lowest BCUT2D eigenvalue weighted by Crippen LogP contribution is -1.86. The van der Waals surface area contributed by atoms with E-state index in [-0.39, 0.29) is 0 Å². The van der Waals surface area contributed by atoms with E-state index >= 15 is 0 Å². The minimum Gasteiger partial charge on any atom is -0.361 e. The molecule has 0 aromatic heterocycles. The van der Waals surface area contributed by atoms with E-state index in [1.165, 1.54) is 0 Å². The van der Waals surface area contributed by atoms with E-state index in [0.717, 1.165) is 0 Å². The molecule has 1 aliphatic heterocycles. The van der Waals surface area contributed by atoms with Gasteiger partial charge >= 0.3 is 0 Å². The van der Waals surface area contributed by atoms with Crippen LogP contribution in [0.2, 0.25) is 0 Å². The molecule has 0 aromatic rings. The summed E-state index contributed by atoms with van der Waals surface area (Å²) in [4.78, 5) is 0. The highest BCUT2D eigenvalue weighted by atomic mass is 16.6. The van der Waals surface area contributed by atoms with Gasteiger partial charge in [0, 0.05) is 0 Å². The summed E-state index contributed by atoms with van der Waals surface area (Å²) in [6.45, 7) is 0. The van der Waals surface area contributed by atoms with Crippen molar-refractivity contribution < 1.29 is 4.74 Å². The minimum atomic E-state index is 0.435. The van der Waals surface area contributed by atoms with Gasteiger partial charge < -0.3 is 4.74 Å². The van der Waals surface area contributed by atoms with Crippen LogP contribution >= 0.6 is 0 Å². The SMILES string of the molecule is C1=CC2O[C@@H]2C=C1. The van der Waals surface area contributed by atoms with Crippen molar-refractivity contribution in [3.8, 4) is 0 Å². The molecule has 2 aliphatic rings. The van der Waals surface area contributed by atoms with Gasteiger partial charge in [-0.05, 0) is 0 Å². The predicted octanol–water partition coefficient (Wildman–Crippen LogP) is 0.880. The molecule has 0 aromatic carbocycles. The van der Waals surface area contributed by atoms with E-state index < -0.39 is 0 Å². The summed E-state index contributed by atoms with van der Waals surface area (Å²) in [7, 11) is 0. The first-order valence-corrected chi connectivity index (χ1v) is 2.47. The monoisotopic (exact) mass is 94.0 g/mol. The third kappa shape index (κ3) is 0.416. The average molecular weight is 94.1 g/mol. The number of rotatable bonds is 0. The Morgan fingerprint density at radius 1 is 1.00 bits per heavy atom. The van der Waals surface area contributed by atoms with Crippen molar-refractivity contribution in [3.05, 3.63) is 24.3 Å². The van der Waals surface area contributed by atoms with E-state index in [9.17, 15) is 0 Å². The summed E-state index contributed by atoms with van der Waals surface area (Å²) in [5, 5.41) is 0. The third-order valence-corrected chi connectivity index (χ3v) is 1.27. The number of epoxide rings is 1. The molecule has 7 heavy (non-hydrogen) atoms. The predicted molar refractivity (Wildman–Crippen MR) is 26.9 cm³/mol. The molecule has 2 rings (SSSR count). The van der Waals surface area contributed by atoms with Crippen molar-refractivity contribution >= 4 is 0 Å². The molecule has 2 atom stereocenters. The average Bonchev–Trinajstić information content (AvgIpc) is 2.41. The smallest absolute Gasteiger partial charge is 0.107 e. The van der Waals surface area contributed by atoms with Crippen molar-refractivity contribution in [1.29, 1.82) is 0 Å². The number of hydrogen-bond donors (Lipinski definition) is 0. The van der Waals surface area contributed by atoms with Crippen LogP contribution in [0.15, 0.2) is 24.3 Å². The highest BCUT2D eigenvalue weighted by molar-refractivity contribution is 5.22. The second-order valence-electron chi connectivity index (χ2n) is 1.84. The lowest BCUT2D eigenvalue weighted by Gasteiger charge is -1.81. The van der Waals surface area contributed by atoms with Gasteiger partial charge in [-0.15, -0.1) is 0 Å². The van der Waals surface area contributed by atoms with Gasteiger partial charge in [-0.1, -0.05) is 24.3 Å². The second-order valence-corrected chi connectivity index (χ2v) is 1.84. The maximum Gasteiger partial charge on any atom is 0.107 e. The Balaban J connectivity index is 2.28. The van der Waals surface area contributed by atoms with Crippen LogP contribution in [0, 0.1) is 0 Å². The normalized spacial score (nSPS) is 43.4. The van der Waals surface area contributed by atoms with Crippen LogP contribution < -0.4 is 0 Å². The van der Waals surface area contributed by atoms with Gasteiger partial charge in [-0.2, -0.15) is 0 Å². The molecule has 1 fully saturated rings. The second kappa shape index (κ2) is 0.984. The molecule has 0 saturated carbocycles. The lowest BCUT2D eigenvalue weighted by atomic mass is 10.2. The van der Waals surface area contributed by atoms with Crippen LogP contribution in [0.5, 0.6) is 0 Å². The van der Waals surface area contributed by atoms with Crippen LogP contribution in [0.1, 0.15) is 0 Å². The summed E-state index contributed by atoms with van der Waals surface area (Å²) in [5.74, 6) is 0. The molecular weight excluding hydrogens is 88.1 g/mol. The molecule has 1 aliphatic carbocycles. The Morgan fingerprint density at radius 2 is 1.57 bits per heavy atom. The molecule has 0 bridgehead atoms. The van der Waals surface area contributed by atoms with Gasteiger partial charge in [0.1, 0.15) is 12.2 Å². The molecule has 0 amide bonds. The zero-order chi connectivity index (χ0) is 4.69. The first-order valence-electron chi connectivity index (χ1n) is 2.47. The number of fused-ring (bicyclic) bond motifs is 1. The highest BCUT2D eigenvalue weighted by Crippen LogP contribution is 2.26. The highest BCUT2D eigenvalue weighted by Gasteiger charge is 2.34. The molecule has 0 radical (unpaired) electrons. The lowest BCUT2D eigenvalue weighted by molar-refractivity contribution is 0.414. The summed E-state index contributed by atoms with van der Waals surface area (Å²) in [6, 6.07) is 0. The molecular formula is C6H6O. The maximum atomic E-state index is 5.10. The van der Waals surface area contributed by atoms with Crippen LogP contribution in [0.3, 0.4) is 0 Å². The van der Waals surface area contributed by atoms with Crippen molar-refractivity contribution in [3.63, 3.8) is 0 Å². The number of hydrogen-bond acceptors (Lipinski definition) is 1. The first kappa shape index (κ1) is 3.44. The van der Waals surface area contributed by atoms with Crippen molar-refractivity contribution in [2.45, 2.75) is 12.2 Å². The van der Waals surface area contributed by atoms with E-state index in [0.29, 0.717) is 12.2 Å². The minimum absolute atomic E-state index is 0.435. The molecule has 1 nitrogen and oxygen atoms in total. The molecule has 0 spiro atoms. The first-order chi connectivity index (χ1) is 3.47. The fourth-order valence-electron chi connectivity index (χ4n) is 0.793. The quantitative estimate of drug-likeness (QED) is 0.406. The van der Waals surface area contributed by atoms with Crippen LogP contribution in [-0.4, -0.2) is 12.2 Å². The number of ether oxygens (including phenoxy) is 1. The Hall–Kier alpha value is -0.560. The van der Waals surface area contributed by atoms with Crippen LogP contribution in [0.25, 0.3) is 0 Å². The van der Waals surface area contributed by atoms with E-state index in [1.54, 1.807) is 0 Å². The van der Waals surface area contributed by atoms with Gasteiger partial charge in [0.05, 0.1) is 0 Å². The fraction of sp³-hybridized carbons (Fsp3) is 0.333. The third-order valence-electron chi connectivity index (χ3n) is 1.27. The van der Waals surface area contributed by atoms with Crippen LogP contribution in [-0.2, 0) is 4.74 Å². The Bertz CT molecular complexity index is 119. The molecule has 1 heterocycles. The Labute approximate surface area is 42.3 Å². The van der Waals surface area contributed by atoms with Crippen molar-refractivity contribution in [2.75, 3.05) is 0 Å². The Morgan fingerprint density at radius 3 is 2.00 bits per heavy atom. The van der Waals surface area contributed by atoms with E-state index in [2.05, 4.69) is 12.2 Å². The molecule has 0 N–H and O–H groups in total. The summed E-state index contributed by atoms with van der Waals surface area (Å²) in [5.41, 5.74) is 0. The zero-order valence-electron chi connectivity index (χ0n) is 3.87. The molecule has 36 valence electrons. The topological polar surface area (TPSA) is 12.5 Å². The largest absolute Gasteiger partial charge is 0.361 e. The zero-order valence-corrected chi connectivity index (χ0v) is 3.87. The summed E-state index contributed by atoms with van der Waals surface area (Å²) in [6.07, 6.45) is 9.06. The van der Waals surface area contributed by atoms with Crippen molar-refractivity contribution in [2.24, 2.45) is 0 Å². The maximum absolute atomic E-state index is 5.10. The van der Waals surface area contributed by atoms with Crippen molar-refractivity contribution in [1.82, 2.24) is 0 Å². The summed E-state index contributed by atoms with van der Waals surface area (Å²) < 4.78 is 5.10. The molecule has 1 unspecified atom stereocenters. The fourth-order valence-corrected chi connectivity index (χ4v) is 0.793.